The van der Waals surface area contributed by atoms with E-state index in [0.717, 1.165) is 5.56 Å². The zero-order valence-electron chi connectivity index (χ0n) is 13.5. The summed E-state index contributed by atoms with van der Waals surface area (Å²) >= 11 is 0. The van der Waals surface area contributed by atoms with Crippen molar-refractivity contribution in [2.24, 2.45) is 5.41 Å². The molecule has 0 saturated heterocycles. The number of rotatable bonds is 6. The molecule has 0 aliphatic rings. The summed E-state index contributed by atoms with van der Waals surface area (Å²) in [6, 6.07) is 7.60. The summed E-state index contributed by atoms with van der Waals surface area (Å²) in [4.78, 5) is 0. The van der Waals surface area contributed by atoms with Crippen molar-refractivity contribution < 1.29 is 14.6 Å². The molecule has 1 aromatic carbocycles. The average Bonchev–Trinajstić information content (AvgIpc) is 2.41. The molecular weight excluding hydrogens is 266 g/mol. The minimum atomic E-state index is -0.755. The SMILES string of the molecule is CCOc1ccc(C(C#N)C(O)C(C)(C)C)cc1OCC. The van der Waals surface area contributed by atoms with Gasteiger partial charge >= 0.3 is 0 Å². The highest BCUT2D eigenvalue weighted by Crippen LogP contribution is 2.36. The van der Waals surface area contributed by atoms with Crippen molar-refractivity contribution in [3.63, 3.8) is 0 Å². The van der Waals surface area contributed by atoms with Gasteiger partial charge < -0.3 is 14.6 Å². The van der Waals surface area contributed by atoms with Crippen LogP contribution in [0.5, 0.6) is 11.5 Å². The minimum Gasteiger partial charge on any atom is -0.490 e. The fourth-order valence-electron chi connectivity index (χ4n) is 2.09. The molecule has 0 fully saturated rings. The first-order valence-corrected chi connectivity index (χ1v) is 7.32. The molecule has 4 heteroatoms. The zero-order valence-corrected chi connectivity index (χ0v) is 13.5. The largest absolute Gasteiger partial charge is 0.490 e. The Morgan fingerprint density at radius 2 is 1.71 bits per heavy atom. The summed E-state index contributed by atoms with van der Waals surface area (Å²) in [5.74, 6) is 0.670. The normalized spacial score (nSPS) is 14.1. The fraction of sp³-hybridized carbons (Fsp3) is 0.588. The first kappa shape index (κ1) is 17.3. The molecule has 0 amide bonds. The van der Waals surface area contributed by atoms with E-state index in [9.17, 15) is 10.4 Å². The lowest BCUT2D eigenvalue weighted by atomic mass is 9.79. The number of hydrogen-bond donors (Lipinski definition) is 1. The first-order chi connectivity index (χ1) is 9.85. The second kappa shape index (κ2) is 7.33. The van der Waals surface area contributed by atoms with Gasteiger partial charge in [0.1, 0.15) is 0 Å². The summed E-state index contributed by atoms with van der Waals surface area (Å²) in [7, 11) is 0. The summed E-state index contributed by atoms with van der Waals surface area (Å²) in [6.07, 6.45) is -0.755. The van der Waals surface area contributed by atoms with Crippen LogP contribution in [-0.4, -0.2) is 24.4 Å². The molecule has 4 nitrogen and oxygen atoms in total. The number of nitrogens with zero attached hydrogens (tertiary/aromatic N) is 1. The monoisotopic (exact) mass is 291 g/mol. The van der Waals surface area contributed by atoms with Gasteiger partial charge in [-0.25, -0.2) is 0 Å². The molecule has 0 aliphatic heterocycles. The van der Waals surface area contributed by atoms with E-state index in [0.29, 0.717) is 24.7 Å². The van der Waals surface area contributed by atoms with Gasteiger partial charge in [-0.2, -0.15) is 5.26 Å². The molecule has 1 rings (SSSR count). The second-order valence-corrected chi connectivity index (χ2v) is 5.99. The van der Waals surface area contributed by atoms with Gasteiger partial charge in [0.2, 0.25) is 0 Å². The maximum atomic E-state index is 10.4. The molecule has 0 bridgehead atoms. The van der Waals surface area contributed by atoms with Crippen LogP contribution in [0.2, 0.25) is 0 Å². The molecule has 116 valence electrons. The Bertz CT molecular complexity index is 500. The van der Waals surface area contributed by atoms with Crippen LogP contribution in [0, 0.1) is 16.7 Å². The smallest absolute Gasteiger partial charge is 0.161 e. The molecular formula is C17H25NO3. The predicted octanol–water partition coefficient (Wildman–Crippen LogP) is 3.50. The number of benzene rings is 1. The fourth-order valence-corrected chi connectivity index (χ4v) is 2.09. The highest BCUT2D eigenvalue weighted by atomic mass is 16.5. The Morgan fingerprint density at radius 1 is 1.14 bits per heavy atom. The van der Waals surface area contributed by atoms with Crippen LogP contribution in [0.4, 0.5) is 0 Å². The lowest BCUT2D eigenvalue weighted by molar-refractivity contribution is 0.0526. The summed E-state index contributed by atoms with van der Waals surface area (Å²) in [5, 5.41) is 19.8. The van der Waals surface area contributed by atoms with Crippen molar-refractivity contribution in [1.82, 2.24) is 0 Å². The molecule has 0 spiro atoms. The summed E-state index contributed by atoms with van der Waals surface area (Å²) in [5.41, 5.74) is 0.372. The van der Waals surface area contributed by atoms with Crippen molar-refractivity contribution in [3.8, 4) is 17.6 Å². The van der Waals surface area contributed by atoms with E-state index in [-0.39, 0.29) is 5.41 Å². The molecule has 0 radical (unpaired) electrons. The van der Waals surface area contributed by atoms with E-state index >= 15 is 0 Å². The van der Waals surface area contributed by atoms with Crippen LogP contribution in [0.15, 0.2) is 18.2 Å². The Labute approximate surface area is 127 Å². The van der Waals surface area contributed by atoms with Crippen molar-refractivity contribution in [1.29, 1.82) is 5.26 Å². The highest BCUT2D eigenvalue weighted by Gasteiger charge is 2.32. The van der Waals surface area contributed by atoms with Crippen LogP contribution >= 0.6 is 0 Å². The molecule has 2 unspecified atom stereocenters. The van der Waals surface area contributed by atoms with Crippen molar-refractivity contribution in [2.75, 3.05) is 13.2 Å². The maximum Gasteiger partial charge on any atom is 0.161 e. The topological polar surface area (TPSA) is 62.5 Å². The van der Waals surface area contributed by atoms with Crippen molar-refractivity contribution in [2.45, 2.75) is 46.6 Å². The first-order valence-electron chi connectivity index (χ1n) is 7.32. The van der Waals surface area contributed by atoms with Gasteiger partial charge in [0.05, 0.1) is 31.3 Å². The van der Waals surface area contributed by atoms with Gasteiger partial charge in [-0.15, -0.1) is 0 Å². The van der Waals surface area contributed by atoms with Gasteiger partial charge in [0.25, 0.3) is 0 Å². The summed E-state index contributed by atoms with van der Waals surface area (Å²) < 4.78 is 11.1. The van der Waals surface area contributed by atoms with Gasteiger partial charge in [0.15, 0.2) is 11.5 Å². The molecule has 0 aliphatic carbocycles. The zero-order chi connectivity index (χ0) is 16.0. The van der Waals surface area contributed by atoms with E-state index in [1.165, 1.54) is 0 Å². The number of hydrogen-bond acceptors (Lipinski definition) is 4. The van der Waals surface area contributed by atoms with Crippen LogP contribution in [-0.2, 0) is 0 Å². The van der Waals surface area contributed by atoms with E-state index in [1.807, 2.05) is 40.7 Å². The molecule has 0 aromatic heterocycles. The van der Waals surface area contributed by atoms with Crippen LogP contribution in [0.1, 0.15) is 46.1 Å². The van der Waals surface area contributed by atoms with Crippen molar-refractivity contribution >= 4 is 0 Å². The predicted molar refractivity (Wildman–Crippen MR) is 82.6 cm³/mol. The Kier molecular flexibility index (Phi) is 6.04. The number of ether oxygens (including phenoxy) is 2. The number of aliphatic hydroxyl groups excluding tert-OH is 1. The van der Waals surface area contributed by atoms with E-state index in [2.05, 4.69) is 6.07 Å². The standard InChI is InChI=1S/C17H25NO3/c1-6-20-14-9-8-12(10-15(14)21-7-2)13(11-18)16(19)17(3,4)5/h8-10,13,16,19H,6-7H2,1-5H3. The summed E-state index contributed by atoms with van der Waals surface area (Å²) in [6.45, 7) is 10.6. The van der Waals surface area contributed by atoms with E-state index in [1.54, 1.807) is 12.1 Å². The lowest BCUT2D eigenvalue weighted by Crippen LogP contribution is -2.31. The third kappa shape index (κ3) is 4.37. The van der Waals surface area contributed by atoms with Crippen LogP contribution in [0.25, 0.3) is 0 Å². The quantitative estimate of drug-likeness (QED) is 0.871. The van der Waals surface area contributed by atoms with Gasteiger partial charge in [-0.05, 0) is 37.0 Å². The molecule has 2 atom stereocenters. The molecule has 0 saturated carbocycles. The van der Waals surface area contributed by atoms with Gasteiger partial charge in [-0.1, -0.05) is 26.8 Å². The molecule has 0 heterocycles. The Morgan fingerprint density at radius 3 is 2.19 bits per heavy atom. The van der Waals surface area contributed by atoms with E-state index in [4.69, 9.17) is 9.47 Å². The maximum absolute atomic E-state index is 10.4. The third-order valence-corrected chi connectivity index (χ3v) is 3.27. The average molecular weight is 291 g/mol. The van der Waals surface area contributed by atoms with E-state index < -0.39 is 12.0 Å². The Balaban J connectivity index is 3.17. The lowest BCUT2D eigenvalue weighted by Gasteiger charge is -2.29. The third-order valence-electron chi connectivity index (χ3n) is 3.27. The number of aliphatic hydroxyl groups is 1. The van der Waals surface area contributed by atoms with Crippen molar-refractivity contribution in [3.05, 3.63) is 23.8 Å². The van der Waals surface area contributed by atoms with Gasteiger partial charge in [0, 0.05) is 0 Å². The Hall–Kier alpha value is -1.73. The molecule has 1 N–H and O–H groups in total. The molecule has 21 heavy (non-hydrogen) atoms. The van der Waals surface area contributed by atoms with Crippen LogP contribution < -0.4 is 9.47 Å². The van der Waals surface area contributed by atoms with Gasteiger partial charge in [-0.3, -0.25) is 0 Å². The minimum absolute atomic E-state index is 0.370. The number of nitriles is 1. The molecule has 1 aromatic rings. The van der Waals surface area contributed by atoms with Crippen LogP contribution in [0.3, 0.4) is 0 Å². The second-order valence-electron chi connectivity index (χ2n) is 5.99. The highest BCUT2D eigenvalue weighted by molar-refractivity contribution is 5.45.